The minimum atomic E-state index is -4.32. The monoisotopic (exact) mass is 657 g/mol. The molecule has 0 saturated carbocycles. The molecule has 0 spiro atoms. The fourth-order valence-corrected chi connectivity index (χ4v) is 4.79. The molecule has 0 aliphatic rings. The van der Waals surface area contributed by atoms with Crippen LogP contribution in [0.2, 0.25) is 0 Å². The number of nitrogens with zero attached hydrogens (tertiary/aromatic N) is 3. The molecular formula is C34H38F3N3O7. The predicted molar refractivity (Wildman–Crippen MR) is 170 cm³/mol. The first-order valence-corrected chi connectivity index (χ1v) is 15.4. The molecule has 2 heterocycles. The maximum absolute atomic E-state index is 11.9. The van der Waals surface area contributed by atoms with E-state index in [1.807, 2.05) is 36.4 Å². The van der Waals surface area contributed by atoms with Crippen molar-refractivity contribution >= 4 is 27.6 Å². The highest BCUT2D eigenvalue weighted by molar-refractivity contribution is 5.89. The Morgan fingerprint density at radius 2 is 1.17 bits per heavy atom. The fraction of sp³-hybridized carbons (Fsp3) is 0.412. The molecule has 0 amide bonds. The third-order valence-corrected chi connectivity index (χ3v) is 6.94. The number of para-hydroxylation sites is 2. The summed E-state index contributed by atoms with van der Waals surface area (Å²) >= 11 is 0. The van der Waals surface area contributed by atoms with E-state index in [2.05, 4.69) is 49.4 Å². The average Bonchev–Trinajstić information content (AvgIpc) is 3.45. The van der Waals surface area contributed by atoms with Crippen LogP contribution in [0.5, 0.6) is 5.75 Å². The Kier molecular flexibility index (Phi) is 13.1. The summed E-state index contributed by atoms with van der Waals surface area (Å²) in [6, 6.07) is 22.5. The van der Waals surface area contributed by atoms with Crippen LogP contribution in [0, 0.1) is 0 Å². The molecule has 10 nitrogen and oxygen atoms in total. The second-order valence-corrected chi connectivity index (χ2v) is 10.4. The van der Waals surface area contributed by atoms with Crippen LogP contribution >= 0.6 is 0 Å². The van der Waals surface area contributed by atoms with Gasteiger partial charge in [-0.3, -0.25) is 4.40 Å². The van der Waals surface area contributed by atoms with Gasteiger partial charge < -0.3 is 33.2 Å². The lowest BCUT2D eigenvalue weighted by atomic mass is 10.0. The highest BCUT2D eigenvalue weighted by atomic mass is 19.4. The molecule has 2 aromatic heterocycles. The number of halogens is 3. The summed E-state index contributed by atoms with van der Waals surface area (Å²) in [6.45, 7) is 2.70. The number of fused-ring (bicyclic) bond motifs is 4. The van der Waals surface area contributed by atoms with Crippen molar-refractivity contribution in [3.63, 3.8) is 0 Å². The first-order chi connectivity index (χ1) is 23.0. The summed E-state index contributed by atoms with van der Waals surface area (Å²) in [4.78, 5) is 9.11. The summed E-state index contributed by atoms with van der Waals surface area (Å²) in [5.41, 5.74) is 4.05. The second kappa shape index (κ2) is 17.9. The van der Waals surface area contributed by atoms with Gasteiger partial charge in [0, 0.05) is 6.20 Å². The smallest absolute Gasteiger partial charge is 0.411 e. The number of rotatable bonds is 21. The van der Waals surface area contributed by atoms with Crippen molar-refractivity contribution in [2.24, 2.45) is 0 Å². The maximum Gasteiger partial charge on any atom is 0.411 e. The predicted octanol–water partition coefficient (Wildman–Crippen LogP) is 5.74. The van der Waals surface area contributed by atoms with Crippen molar-refractivity contribution in [1.29, 1.82) is 0 Å². The number of imidazole rings is 1. The number of hydrogen-bond acceptors (Lipinski definition) is 9. The SMILES string of the molecule is FC(F)(F)COCCOCCOCCOCCOCCOCCOc1ccc2cc(-c3ccnc4nc5ccccc5n34)ccc2c1. The molecule has 0 bridgehead atoms. The number of benzene rings is 3. The van der Waals surface area contributed by atoms with Crippen molar-refractivity contribution in [3.8, 4) is 17.0 Å². The molecule has 0 unspecified atom stereocenters. The lowest BCUT2D eigenvalue weighted by molar-refractivity contribution is -0.176. The van der Waals surface area contributed by atoms with Crippen LogP contribution in [0.3, 0.4) is 0 Å². The zero-order valence-corrected chi connectivity index (χ0v) is 26.0. The minimum absolute atomic E-state index is 0.0823. The summed E-state index contributed by atoms with van der Waals surface area (Å²) in [5, 5.41) is 2.19. The van der Waals surface area contributed by atoms with Crippen molar-refractivity contribution < 1.29 is 46.3 Å². The molecule has 0 fully saturated rings. The van der Waals surface area contributed by atoms with Gasteiger partial charge in [-0.05, 0) is 52.7 Å². The molecule has 0 radical (unpaired) electrons. The Balaban J connectivity index is 0.895. The standard InChI is InChI=1S/C34H38F3N3O7/c35-34(36,37)25-46-20-19-44-16-15-42-12-11-41-13-14-43-17-18-45-21-22-47-29-8-7-26-23-28(6-5-27(26)24-29)31-9-10-38-33-39-30-3-1-2-4-32(30)40(31)33/h1-10,23-24H,11-22,25H2. The highest BCUT2D eigenvalue weighted by Gasteiger charge is 2.27. The van der Waals surface area contributed by atoms with Crippen LogP contribution in [-0.4, -0.2) is 106 Å². The third kappa shape index (κ3) is 10.8. The fourth-order valence-electron chi connectivity index (χ4n) is 4.79. The Hall–Kier alpha value is -3.85. The molecule has 252 valence electrons. The van der Waals surface area contributed by atoms with Crippen LogP contribution < -0.4 is 4.74 Å². The Labute approximate surface area is 270 Å². The van der Waals surface area contributed by atoms with Gasteiger partial charge in [-0.15, -0.1) is 0 Å². The van der Waals surface area contributed by atoms with E-state index in [4.69, 9.17) is 28.4 Å². The first kappa shape index (κ1) is 34.5. The van der Waals surface area contributed by atoms with Crippen molar-refractivity contribution in [3.05, 3.63) is 72.9 Å². The molecule has 0 aliphatic carbocycles. The molecule has 0 atom stereocenters. The third-order valence-electron chi connectivity index (χ3n) is 6.94. The van der Waals surface area contributed by atoms with E-state index >= 15 is 0 Å². The Morgan fingerprint density at radius 1 is 0.596 bits per heavy atom. The quantitative estimate of drug-likeness (QED) is 0.0916. The first-order valence-electron chi connectivity index (χ1n) is 15.4. The zero-order chi connectivity index (χ0) is 32.7. The average molecular weight is 658 g/mol. The molecule has 5 rings (SSSR count). The minimum Gasteiger partial charge on any atom is -0.491 e. The van der Waals surface area contributed by atoms with Crippen molar-refractivity contribution in [1.82, 2.24) is 14.4 Å². The van der Waals surface area contributed by atoms with Crippen molar-refractivity contribution in [2.75, 3.05) is 85.9 Å². The molecular weight excluding hydrogens is 619 g/mol. The lowest BCUT2D eigenvalue weighted by Crippen LogP contribution is -2.19. The van der Waals surface area contributed by atoms with E-state index in [9.17, 15) is 13.2 Å². The number of alkyl halides is 3. The van der Waals surface area contributed by atoms with Gasteiger partial charge in [-0.2, -0.15) is 13.2 Å². The van der Waals surface area contributed by atoms with Gasteiger partial charge in [0.15, 0.2) is 0 Å². The van der Waals surface area contributed by atoms with Crippen LogP contribution in [0.15, 0.2) is 72.9 Å². The van der Waals surface area contributed by atoms with Gasteiger partial charge in [0.2, 0.25) is 5.78 Å². The topological polar surface area (TPSA) is 94.8 Å². The highest BCUT2D eigenvalue weighted by Crippen LogP contribution is 2.29. The molecule has 3 aromatic carbocycles. The molecule has 0 saturated heterocycles. The number of ether oxygens (including phenoxy) is 7. The summed E-state index contributed by atoms with van der Waals surface area (Å²) in [7, 11) is 0. The summed E-state index contributed by atoms with van der Waals surface area (Å²) < 4.78 is 75.2. The van der Waals surface area contributed by atoms with Crippen LogP contribution in [0.1, 0.15) is 0 Å². The number of aromatic nitrogens is 3. The van der Waals surface area contributed by atoms with E-state index in [0.29, 0.717) is 65.2 Å². The molecule has 0 aliphatic heterocycles. The molecule has 13 heteroatoms. The van der Waals surface area contributed by atoms with Gasteiger partial charge in [-0.25, -0.2) is 9.97 Å². The van der Waals surface area contributed by atoms with Gasteiger partial charge in [-0.1, -0.05) is 30.3 Å². The van der Waals surface area contributed by atoms with Crippen LogP contribution in [0.25, 0.3) is 38.8 Å². The molecule has 47 heavy (non-hydrogen) atoms. The normalized spacial score (nSPS) is 12.1. The van der Waals surface area contributed by atoms with Crippen molar-refractivity contribution in [2.45, 2.75) is 6.18 Å². The Morgan fingerprint density at radius 3 is 1.83 bits per heavy atom. The van der Waals surface area contributed by atoms with E-state index in [0.717, 1.165) is 38.8 Å². The maximum atomic E-state index is 11.9. The van der Waals surface area contributed by atoms with E-state index in [1.165, 1.54) is 0 Å². The molecule has 0 N–H and O–H groups in total. The van der Waals surface area contributed by atoms with E-state index in [1.54, 1.807) is 6.20 Å². The number of hydrogen-bond donors (Lipinski definition) is 0. The summed E-state index contributed by atoms with van der Waals surface area (Å²) in [6.07, 6.45) is -2.53. The largest absolute Gasteiger partial charge is 0.491 e. The van der Waals surface area contributed by atoms with E-state index in [-0.39, 0.29) is 19.8 Å². The van der Waals surface area contributed by atoms with Gasteiger partial charge >= 0.3 is 6.18 Å². The van der Waals surface area contributed by atoms with Gasteiger partial charge in [0.1, 0.15) is 19.0 Å². The van der Waals surface area contributed by atoms with Crippen LogP contribution in [-0.2, 0) is 28.4 Å². The molecule has 5 aromatic rings. The van der Waals surface area contributed by atoms with E-state index < -0.39 is 12.8 Å². The second-order valence-electron chi connectivity index (χ2n) is 10.4. The Bertz CT molecular complexity index is 1680. The van der Waals surface area contributed by atoms with Crippen LogP contribution in [0.4, 0.5) is 13.2 Å². The lowest BCUT2D eigenvalue weighted by Gasteiger charge is -2.10. The summed E-state index contributed by atoms with van der Waals surface area (Å²) in [5.74, 6) is 1.45. The van der Waals surface area contributed by atoms with Gasteiger partial charge in [0.05, 0.1) is 89.4 Å². The van der Waals surface area contributed by atoms with Gasteiger partial charge in [0.25, 0.3) is 0 Å². The zero-order valence-electron chi connectivity index (χ0n) is 26.0.